The van der Waals surface area contributed by atoms with Gasteiger partial charge in [0.25, 0.3) is 0 Å². The molecule has 0 saturated heterocycles. The smallest absolute Gasteiger partial charge is 0.408 e. The Kier molecular flexibility index (Phi) is 5.60. The lowest BCUT2D eigenvalue weighted by Crippen LogP contribution is -2.35. The zero-order chi connectivity index (χ0) is 18.6. The second kappa shape index (κ2) is 7.49. The Hall–Kier alpha value is -2.65. The van der Waals surface area contributed by atoms with E-state index in [1.807, 2.05) is 13.8 Å². The molecule has 0 aliphatic carbocycles. The standard InChI is InChI=1S/C15H24N6O4/c1-9(2)6-10(17-14(23)24-15(3,4)5)12-18-11(25-20-12)7-21-8-16-19-13(21)22/h8-10H,6-7H2,1-5H3,(H,17,23)(H,19,22)/t10-/m1/s1. The van der Waals surface area contributed by atoms with Crippen molar-refractivity contribution >= 4 is 6.09 Å². The molecule has 0 radical (unpaired) electrons. The molecule has 2 rings (SSSR count). The topological polar surface area (TPSA) is 128 Å². The molecule has 0 aliphatic rings. The number of ether oxygens (including phenoxy) is 1. The van der Waals surface area contributed by atoms with Crippen LogP contribution in [0.4, 0.5) is 4.79 Å². The summed E-state index contributed by atoms with van der Waals surface area (Å²) in [6.45, 7) is 9.52. The van der Waals surface area contributed by atoms with Crippen molar-refractivity contribution in [3.63, 3.8) is 0 Å². The highest BCUT2D eigenvalue weighted by molar-refractivity contribution is 5.68. The van der Waals surface area contributed by atoms with Gasteiger partial charge in [0.2, 0.25) is 5.89 Å². The van der Waals surface area contributed by atoms with E-state index in [-0.39, 0.29) is 18.1 Å². The Bertz CT molecular complexity index is 754. The molecular formula is C15H24N6O4. The van der Waals surface area contributed by atoms with E-state index in [0.717, 1.165) is 0 Å². The van der Waals surface area contributed by atoms with Gasteiger partial charge in [0, 0.05) is 0 Å². The number of aromatic amines is 1. The summed E-state index contributed by atoms with van der Waals surface area (Å²) in [6.07, 6.45) is 1.41. The van der Waals surface area contributed by atoms with E-state index in [9.17, 15) is 9.59 Å². The summed E-state index contributed by atoms with van der Waals surface area (Å²) >= 11 is 0. The van der Waals surface area contributed by atoms with Crippen LogP contribution in [-0.4, -0.2) is 36.6 Å². The average Bonchev–Trinajstić information content (AvgIpc) is 3.06. The third-order valence-electron chi connectivity index (χ3n) is 3.12. The molecule has 2 aromatic heterocycles. The van der Waals surface area contributed by atoms with Crippen molar-refractivity contribution in [2.75, 3.05) is 0 Å². The quantitative estimate of drug-likeness (QED) is 0.808. The third kappa shape index (κ3) is 5.73. The second-order valence-corrected chi connectivity index (χ2v) is 7.16. The van der Waals surface area contributed by atoms with Crippen LogP contribution < -0.4 is 11.0 Å². The summed E-state index contributed by atoms with van der Waals surface area (Å²) in [7, 11) is 0. The van der Waals surface area contributed by atoms with Crippen LogP contribution in [0.2, 0.25) is 0 Å². The van der Waals surface area contributed by atoms with Crippen LogP contribution in [0.1, 0.15) is 58.8 Å². The van der Waals surface area contributed by atoms with E-state index in [0.29, 0.717) is 18.2 Å². The molecule has 0 aromatic carbocycles. The first kappa shape index (κ1) is 18.7. The maximum absolute atomic E-state index is 12.1. The van der Waals surface area contributed by atoms with E-state index >= 15 is 0 Å². The van der Waals surface area contributed by atoms with Gasteiger partial charge in [-0.1, -0.05) is 19.0 Å². The first-order chi connectivity index (χ1) is 11.6. The molecule has 0 fully saturated rings. The highest BCUT2D eigenvalue weighted by Crippen LogP contribution is 2.20. The van der Waals surface area contributed by atoms with E-state index in [1.165, 1.54) is 10.9 Å². The van der Waals surface area contributed by atoms with E-state index in [2.05, 4.69) is 25.7 Å². The van der Waals surface area contributed by atoms with Gasteiger partial charge in [-0.2, -0.15) is 10.1 Å². The van der Waals surface area contributed by atoms with Crippen molar-refractivity contribution in [3.05, 3.63) is 28.5 Å². The maximum atomic E-state index is 12.1. The van der Waals surface area contributed by atoms with Crippen LogP contribution in [-0.2, 0) is 11.3 Å². The molecule has 138 valence electrons. The first-order valence-corrected chi connectivity index (χ1v) is 8.06. The van der Waals surface area contributed by atoms with Crippen LogP contribution >= 0.6 is 0 Å². The lowest BCUT2D eigenvalue weighted by molar-refractivity contribution is 0.0494. The number of amides is 1. The van der Waals surface area contributed by atoms with Gasteiger partial charge < -0.3 is 14.6 Å². The van der Waals surface area contributed by atoms with Crippen LogP contribution in [0, 0.1) is 5.92 Å². The summed E-state index contributed by atoms with van der Waals surface area (Å²) in [4.78, 5) is 27.8. The summed E-state index contributed by atoms with van der Waals surface area (Å²) in [5.41, 5.74) is -0.970. The lowest BCUT2D eigenvalue weighted by atomic mass is 10.0. The zero-order valence-electron chi connectivity index (χ0n) is 15.1. The van der Waals surface area contributed by atoms with Crippen molar-refractivity contribution < 1.29 is 14.1 Å². The Labute approximate surface area is 145 Å². The number of nitrogens with zero attached hydrogens (tertiary/aromatic N) is 4. The van der Waals surface area contributed by atoms with Crippen molar-refractivity contribution in [1.82, 2.24) is 30.2 Å². The Balaban J connectivity index is 2.11. The molecular weight excluding hydrogens is 328 g/mol. The SMILES string of the molecule is CC(C)C[C@@H](NC(=O)OC(C)(C)C)c1noc(Cn2cn[nH]c2=O)n1. The Morgan fingerprint density at radius 3 is 2.72 bits per heavy atom. The van der Waals surface area contributed by atoms with Crippen molar-refractivity contribution in [2.24, 2.45) is 5.92 Å². The van der Waals surface area contributed by atoms with Gasteiger partial charge in [-0.3, -0.25) is 4.57 Å². The summed E-state index contributed by atoms with van der Waals surface area (Å²) < 4.78 is 11.8. The Morgan fingerprint density at radius 2 is 2.16 bits per heavy atom. The molecule has 1 amide bonds. The van der Waals surface area contributed by atoms with Gasteiger partial charge in [-0.25, -0.2) is 14.7 Å². The fraction of sp³-hybridized carbons (Fsp3) is 0.667. The van der Waals surface area contributed by atoms with Crippen LogP contribution in [0.25, 0.3) is 0 Å². The molecule has 10 nitrogen and oxygen atoms in total. The van der Waals surface area contributed by atoms with Gasteiger partial charge >= 0.3 is 11.8 Å². The minimum Gasteiger partial charge on any atom is -0.444 e. The third-order valence-corrected chi connectivity index (χ3v) is 3.12. The van der Waals surface area contributed by atoms with Gasteiger partial charge in [-0.05, 0) is 33.1 Å². The van der Waals surface area contributed by atoms with Gasteiger partial charge in [-0.15, -0.1) is 0 Å². The number of H-pyrrole nitrogens is 1. The second-order valence-electron chi connectivity index (χ2n) is 7.16. The molecule has 0 unspecified atom stereocenters. The van der Waals surface area contributed by atoms with E-state index < -0.39 is 17.7 Å². The zero-order valence-corrected chi connectivity index (χ0v) is 15.1. The number of hydrogen-bond acceptors (Lipinski definition) is 7. The van der Waals surface area contributed by atoms with Gasteiger partial charge in [0.05, 0.1) is 6.04 Å². The van der Waals surface area contributed by atoms with Crippen molar-refractivity contribution in [2.45, 2.75) is 59.2 Å². The predicted octanol–water partition coefficient (Wildman–Crippen LogP) is 1.61. The Morgan fingerprint density at radius 1 is 1.44 bits per heavy atom. The predicted molar refractivity (Wildman–Crippen MR) is 87.8 cm³/mol. The number of rotatable bonds is 6. The molecule has 0 spiro atoms. The normalized spacial score (nSPS) is 13.0. The molecule has 0 saturated carbocycles. The molecule has 2 aromatic rings. The molecule has 10 heteroatoms. The monoisotopic (exact) mass is 352 g/mol. The van der Waals surface area contributed by atoms with Crippen LogP contribution in [0.15, 0.2) is 15.6 Å². The number of carbonyl (C=O) groups is 1. The highest BCUT2D eigenvalue weighted by Gasteiger charge is 2.25. The largest absolute Gasteiger partial charge is 0.444 e. The number of alkyl carbamates (subject to hydrolysis) is 1. The van der Waals surface area contributed by atoms with E-state index in [1.54, 1.807) is 20.8 Å². The van der Waals surface area contributed by atoms with Gasteiger partial charge in [0.15, 0.2) is 5.82 Å². The first-order valence-electron chi connectivity index (χ1n) is 8.06. The highest BCUT2D eigenvalue weighted by atomic mass is 16.6. The summed E-state index contributed by atoms with van der Waals surface area (Å²) in [5.74, 6) is 0.878. The number of hydrogen-bond donors (Lipinski definition) is 2. The molecule has 2 heterocycles. The molecule has 0 bridgehead atoms. The van der Waals surface area contributed by atoms with Crippen LogP contribution in [0.5, 0.6) is 0 Å². The summed E-state index contributed by atoms with van der Waals surface area (Å²) in [5, 5.41) is 12.6. The van der Waals surface area contributed by atoms with Crippen LogP contribution in [0.3, 0.4) is 0 Å². The number of aromatic nitrogens is 5. The lowest BCUT2D eigenvalue weighted by Gasteiger charge is -2.23. The fourth-order valence-corrected chi connectivity index (χ4v) is 2.15. The fourth-order valence-electron chi connectivity index (χ4n) is 2.15. The van der Waals surface area contributed by atoms with E-state index in [4.69, 9.17) is 9.26 Å². The van der Waals surface area contributed by atoms with Gasteiger partial charge in [0.1, 0.15) is 18.5 Å². The molecule has 25 heavy (non-hydrogen) atoms. The maximum Gasteiger partial charge on any atom is 0.408 e. The minimum atomic E-state index is -0.600. The molecule has 2 N–H and O–H groups in total. The average molecular weight is 352 g/mol. The molecule has 1 atom stereocenters. The summed E-state index contributed by atoms with van der Waals surface area (Å²) in [6, 6.07) is -0.451. The molecule has 0 aliphatic heterocycles. The van der Waals surface area contributed by atoms with Crippen molar-refractivity contribution in [1.29, 1.82) is 0 Å². The van der Waals surface area contributed by atoms with Crippen molar-refractivity contribution in [3.8, 4) is 0 Å². The minimum absolute atomic E-state index is 0.100. The number of nitrogens with one attached hydrogen (secondary N) is 2. The number of carbonyl (C=O) groups excluding carboxylic acids is 1.